The van der Waals surface area contributed by atoms with E-state index in [-0.39, 0.29) is 0 Å². The maximum absolute atomic E-state index is 12.5. The highest BCUT2D eigenvalue weighted by Gasteiger charge is 2.44. The third-order valence-electron chi connectivity index (χ3n) is 5.36. The van der Waals surface area contributed by atoms with E-state index in [0.717, 1.165) is 31.5 Å². The van der Waals surface area contributed by atoms with Gasteiger partial charge in [0.25, 0.3) is 0 Å². The van der Waals surface area contributed by atoms with Gasteiger partial charge in [-0.15, -0.1) is 0 Å². The fraction of sp³-hybridized carbons (Fsp3) is 0.933. The molecule has 3 heteroatoms. The van der Waals surface area contributed by atoms with Crippen LogP contribution in [0.15, 0.2) is 0 Å². The van der Waals surface area contributed by atoms with Gasteiger partial charge in [-0.2, -0.15) is 0 Å². The van der Waals surface area contributed by atoms with Crippen LogP contribution in [0.1, 0.15) is 38.5 Å². The van der Waals surface area contributed by atoms with Crippen molar-refractivity contribution in [3.63, 3.8) is 0 Å². The summed E-state index contributed by atoms with van der Waals surface area (Å²) in [5.41, 5.74) is 0. The zero-order valence-corrected chi connectivity index (χ0v) is 11.5. The molecule has 0 aromatic rings. The van der Waals surface area contributed by atoms with Crippen LogP contribution >= 0.6 is 0 Å². The molecule has 0 radical (unpaired) electrons. The lowest BCUT2D eigenvalue weighted by Crippen LogP contribution is -2.42. The minimum absolute atomic E-state index is 0.366. The Bertz CT molecular complexity index is 312. The molecule has 18 heavy (non-hydrogen) atoms. The molecule has 1 heterocycles. The van der Waals surface area contributed by atoms with Crippen molar-refractivity contribution in [3.05, 3.63) is 0 Å². The molecule has 2 saturated carbocycles. The molecule has 0 aromatic carbocycles. The Morgan fingerprint density at radius 2 is 2.17 bits per heavy atom. The monoisotopic (exact) mass is 250 g/mol. The Hall–Kier alpha value is -0.570. The third kappa shape index (κ3) is 2.42. The van der Waals surface area contributed by atoms with Crippen molar-refractivity contribution in [2.75, 3.05) is 26.7 Å². The summed E-state index contributed by atoms with van der Waals surface area (Å²) in [5.74, 6) is 3.06. The highest BCUT2D eigenvalue weighted by Crippen LogP contribution is 2.48. The van der Waals surface area contributed by atoms with Crippen LogP contribution in [0, 0.1) is 23.7 Å². The van der Waals surface area contributed by atoms with Gasteiger partial charge in [0.1, 0.15) is 0 Å². The Balaban J connectivity index is 1.52. The molecular weight excluding hydrogens is 224 g/mol. The highest BCUT2D eigenvalue weighted by molar-refractivity contribution is 5.79. The first kappa shape index (κ1) is 12.5. The topological polar surface area (TPSA) is 32.3 Å². The van der Waals surface area contributed by atoms with Gasteiger partial charge in [0.15, 0.2) is 0 Å². The summed E-state index contributed by atoms with van der Waals surface area (Å²) in [4.78, 5) is 14.5. The van der Waals surface area contributed by atoms with Crippen LogP contribution in [0.5, 0.6) is 0 Å². The fourth-order valence-electron chi connectivity index (χ4n) is 4.39. The molecule has 3 aliphatic rings. The molecule has 2 aliphatic carbocycles. The number of carbonyl (C=O) groups excluding carboxylic acids is 1. The first-order valence-electron chi connectivity index (χ1n) is 7.69. The molecule has 2 bridgehead atoms. The average Bonchev–Trinajstić information content (AvgIpc) is 3.01. The standard InChI is InChI=1S/C15H26N2O/c1-17(10-12-3-2-6-16-9-12)15(18)14-8-11-4-5-13(14)7-11/h11-14,16H,2-10H2,1H3. The van der Waals surface area contributed by atoms with Gasteiger partial charge in [0, 0.05) is 19.5 Å². The number of hydrogen-bond acceptors (Lipinski definition) is 2. The van der Waals surface area contributed by atoms with E-state index in [1.54, 1.807) is 0 Å². The Kier molecular flexibility index (Phi) is 3.60. The highest BCUT2D eigenvalue weighted by atomic mass is 16.2. The van der Waals surface area contributed by atoms with Crippen LogP contribution in [-0.2, 0) is 4.79 Å². The SMILES string of the molecule is CN(CC1CCCNC1)C(=O)C1CC2CCC1C2. The van der Waals surface area contributed by atoms with Crippen LogP contribution in [0.3, 0.4) is 0 Å². The first-order chi connectivity index (χ1) is 8.74. The largest absolute Gasteiger partial charge is 0.345 e. The van der Waals surface area contributed by atoms with Gasteiger partial charge in [-0.1, -0.05) is 6.42 Å². The lowest BCUT2D eigenvalue weighted by Gasteiger charge is -2.31. The van der Waals surface area contributed by atoms with Gasteiger partial charge in [0.05, 0.1) is 0 Å². The summed E-state index contributed by atoms with van der Waals surface area (Å²) in [6, 6.07) is 0. The van der Waals surface area contributed by atoms with Gasteiger partial charge in [-0.25, -0.2) is 0 Å². The minimum Gasteiger partial charge on any atom is -0.345 e. The zero-order chi connectivity index (χ0) is 12.5. The van der Waals surface area contributed by atoms with Gasteiger partial charge >= 0.3 is 0 Å². The van der Waals surface area contributed by atoms with E-state index in [0.29, 0.717) is 17.7 Å². The number of fused-ring (bicyclic) bond motifs is 2. The van der Waals surface area contributed by atoms with Crippen LogP contribution in [0.4, 0.5) is 0 Å². The lowest BCUT2D eigenvalue weighted by molar-refractivity contribution is -0.136. The third-order valence-corrected chi connectivity index (χ3v) is 5.36. The first-order valence-corrected chi connectivity index (χ1v) is 7.69. The maximum Gasteiger partial charge on any atom is 0.225 e. The molecule has 4 atom stereocenters. The van der Waals surface area contributed by atoms with Crippen molar-refractivity contribution in [2.45, 2.75) is 38.5 Å². The second kappa shape index (κ2) is 5.20. The summed E-state index contributed by atoms with van der Waals surface area (Å²) < 4.78 is 0. The van der Waals surface area contributed by atoms with Crippen LogP contribution in [-0.4, -0.2) is 37.5 Å². The quantitative estimate of drug-likeness (QED) is 0.829. The fourth-order valence-corrected chi connectivity index (χ4v) is 4.39. The van der Waals surface area contributed by atoms with Crippen LogP contribution < -0.4 is 5.32 Å². The molecule has 1 aliphatic heterocycles. The summed E-state index contributed by atoms with van der Waals surface area (Å²) in [6.45, 7) is 3.20. The Morgan fingerprint density at radius 3 is 2.78 bits per heavy atom. The molecule has 1 amide bonds. The Morgan fingerprint density at radius 1 is 1.28 bits per heavy atom. The summed E-state index contributed by atoms with van der Waals surface area (Å²) in [6.07, 6.45) is 7.73. The summed E-state index contributed by atoms with van der Waals surface area (Å²) in [5, 5.41) is 3.44. The van der Waals surface area contributed by atoms with Crippen molar-refractivity contribution in [1.29, 1.82) is 0 Å². The number of nitrogens with one attached hydrogen (secondary N) is 1. The molecule has 1 saturated heterocycles. The zero-order valence-electron chi connectivity index (χ0n) is 11.5. The maximum atomic E-state index is 12.5. The van der Waals surface area contributed by atoms with Crippen molar-refractivity contribution >= 4 is 5.91 Å². The predicted octanol–water partition coefficient (Wildman–Crippen LogP) is 1.88. The van der Waals surface area contributed by atoms with E-state index in [1.165, 1.54) is 38.5 Å². The number of amides is 1. The second-order valence-electron chi connectivity index (χ2n) is 6.71. The lowest BCUT2D eigenvalue weighted by atomic mass is 9.87. The van der Waals surface area contributed by atoms with Gasteiger partial charge in [-0.3, -0.25) is 4.79 Å². The van der Waals surface area contributed by atoms with Crippen LogP contribution in [0.25, 0.3) is 0 Å². The molecule has 1 N–H and O–H groups in total. The molecule has 4 unspecified atom stereocenters. The normalized spacial score (nSPS) is 38.9. The number of nitrogens with zero attached hydrogens (tertiary/aromatic N) is 1. The van der Waals surface area contributed by atoms with Gasteiger partial charge in [0.2, 0.25) is 5.91 Å². The smallest absolute Gasteiger partial charge is 0.225 e. The van der Waals surface area contributed by atoms with E-state index in [1.807, 2.05) is 11.9 Å². The van der Waals surface area contributed by atoms with E-state index in [9.17, 15) is 4.79 Å². The molecule has 3 rings (SSSR count). The minimum atomic E-state index is 0.366. The molecule has 0 spiro atoms. The number of hydrogen-bond donors (Lipinski definition) is 1. The predicted molar refractivity (Wildman–Crippen MR) is 72.2 cm³/mol. The van der Waals surface area contributed by atoms with Crippen molar-refractivity contribution in [1.82, 2.24) is 10.2 Å². The average molecular weight is 250 g/mol. The van der Waals surface area contributed by atoms with E-state index < -0.39 is 0 Å². The van der Waals surface area contributed by atoms with Crippen molar-refractivity contribution < 1.29 is 4.79 Å². The van der Waals surface area contributed by atoms with E-state index in [4.69, 9.17) is 0 Å². The molecular formula is C15H26N2O. The van der Waals surface area contributed by atoms with E-state index >= 15 is 0 Å². The Labute approximate surface area is 110 Å². The molecule has 3 nitrogen and oxygen atoms in total. The number of rotatable bonds is 3. The summed E-state index contributed by atoms with van der Waals surface area (Å²) >= 11 is 0. The van der Waals surface area contributed by atoms with Crippen molar-refractivity contribution in [2.24, 2.45) is 23.7 Å². The number of piperidine rings is 1. The van der Waals surface area contributed by atoms with E-state index in [2.05, 4.69) is 5.32 Å². The van der Waals surface area contributed by atoms with Crippen LogP contribution in [0.2, 0.25) is 0 Å². The number of carbonyl (C=O) groups is 1. The van der Waals surface area contributed by atoms with Crippen molar-refractivity contribution in [3.8, 4) is 0 Å². The summed E-state index contributed by atoms with van der Waals surface area (Å²) in [7, 11) is 2.02. The van der Waals surface area contributed by atoms with Gasteiger partial charge in [-0.05, 0) is 62.9 Å². The second-order valence-corrected chi connectivity index (χ2v) is 6.71. The molecule has 3 fully saturated rings. The molecule has 102 valence electrons. The van der Waals surface area contributed by atoms with Gasteiger partial charge < -0.3 is 10.2 Å². The molecule has 0 aromatic heterocycles.